The smallest absolute Gasteiger partial charge is 0.329 e. The number of hydrogen-bond acceptors (Lipinski definition) is 5. The third kappa shape index (κ3) is 7.53. The van der Waals surface area contributed by atoms with Gasteiger partial charge in [-0.25, -0.2) is 4.79 Å². The van der Waals surface area contributed by atoms with Crippen LogP contribution in [0.1, 0.15) is 12.5 Å². The summed E-state index contributed by atoms with van der Waals surface area (Å²) in [5, 5.41) is 11.2. The highest BCUT2D eigenvalue weighted by Gasteiger charge is 2.15. The van der Waals surface area contributed by atoms with Gasteiger partial charge in [-0.2, -0.15) is 0 Å². The highest BCUT2D eigenvalue weighted by atomic mass is 35.5. The number of rotatable bonds is 5. The molecule has 120 valence electrons. The molecule has 0 spiro atoms. The molecule has 1 rings (SSSR count). The van der Waals surface area contributed by atoms with Crippen LogP contribution >= 0.6 is 11.6 Å². The second-order valence-electron chi connectivity index (χ2n) is 4.21. The second-order valence-corrected chi connectivity index (χ2v) is 4.61. The minimum absolute atomic E-state index is 0.0215. The maximum absolute atomic E-state index is 11.5. The zero-order valence-electron chi connectivity index (χ0n) is 12.4. The van der Waals surface area contributed by atoms with Crippen LogP contribution in [0.4, 0.5) is 5.69 Å². The Balaban J connectivity index is 0.000000763. The molecular weight excluding hydrogens is 308 g/mol. The van der Waals surface area contributed by atoms with Crippen molar-refractivity contribution in [3.8, 4) is 12.3 Å². The molecule has 0 saturated carbocycles. The van der Waals surface area contributed by atoms with Gasteiger partial charge in [0.2, 0.25) is 0 Å². The molecule has 0 saturated heterocycles. The van der Waals surface area contributed by atoms with Gasteiger partial charge in [-0.3, -0.25) is 4.79 Å². The van der Waals surface area contributed by atoms with Crippen molar-refractivity contribution >= 4 is 29.2 Å². The fourth-order valence-electron chi connectivity index (χ4n) is 1.33. The van der Waals surface area contributed by atoms with Crippen LogP contribution in [-0.4, -0.2) is 36.2 Å². The number of aliphatic carboxylic acids is 1. The lowest BCUT2D eigenvalue weighted by molar-refractivity contribution is -0.142. The van der Waals surface area contributed by atoms with Crippen molar-refractivity contribution in [1.82, 2.24) is 0 Å². The van der Waals surface area contributed by atoms with Crippen molar-refractivity contribution in [1.29, 1.82) is 0 Å². The van der Waals surface area contributed by atoms with Crippen LogP contribution in [0.3, 0.4) is 0 Å². The van der Waals surface area contributed by atoms with Crippen LogP contribution in [-0.2, 0) is 14.3 Å². The number of aryl methyl sites for hydroxylation is 1. The van der Waals surface area contributed by atoms with E-state index >= 15 is 0 Å². The predicted octanol–water partition coefficient (Wildman–Crippen LogP) is 1.65. The number of esters is 1. The molecule has 0 aliphatic carbocycles. The lowest BCUT2D eigenvalue weighted by Crippen LogP contribution is -2.28. The fourth-order valence-corrected chi connectivity index (χ4v) is 1.60. The molecule has 7 heteroatoms. The Hall–Kier alpha value is -2.23. The molecule has 1 atom stereocenters. The molecule has 0 unspecified atom stereocenters. The van der Waals surface area contributed by atoms with E-state index in [4.69, 9.17) is 27.9 Å². The first-order chi connectivity index (χ1) is 10.3. The molecule has 0 aromatic heterocycles. The average molecular weight is 327 g/mol. The standard InChI is InChI=1S/C13H14ClNO2.C2H5NO2/c1-4-8-17-13(16)10(3)15-12-9(2)6-5-7-11(12)14;3-1-2(4)5/h1,5-7,10,15H,8H2,2-3H3;1,3H2,(H,4,5)/t10-;/m0./s1. The minimum Gasteiger partial charge on any atom is -0.480 e. The Kier molecular flexibility index (Phi) is 9.43. The molecule has 0 fully saturated rings. The second kappa shape index (κ2) is 10.5. The third-order valence-electron chi connectivity index (χ3n) is 2.41. The molecule has 22 heavy (non-hydrogen) atoms. The molecule has 0 amide bonds. The number of ether oxygens (including phenoxy) is 1. The number of carbonyl (C=O) groups excluding carboxylic acids is 1. The first kappa shape index (κ1) is 19.8. The number of hydrogen-bond donors (Lipinski definition) is 3. The largest absolute Gasteiger partial charge is 0.480 e. The molecule has 0 aliphatic rings. The zero-order chi connectivity index (χ0) is 17.1. The number of nitrogens with two attached hydrogens (primary N) is 1. The number of benzene rings is 1. The lowest BCUT2D eigenvalue weighted by atomic mass is 10.2. The topological polar surface area (TPSA) is 102 Å². The summed E-state index contributed by atoms with van der Waals surface area (Å²) < 4.78 is 4.82. The Morgan fingerprint density at radius 1 is 1.55 bits per heavy atom. The van der Waals surface area contributed by atoms with E-state index in [0.29, 0.717) is 5.02 Å². The fraction of sp³-hybridized carbons (Fsp3) is 0.333. The van der Waals surface area contributed by atoms with Crippen LogP contribution in [0.2, 0.25) is 5.02 Å². The summed E-state index contributed by atoms with van der Waals surface area (Å²) in [5.74, 6) is 0.875. The molecule has 1 aromatic rings. The van der Waals surface area contributed by atoms with Crippen molar-refractivity contribution in [3.63, 3.8) is 0 Å². The first-order valence-electron chi connectivity index (χ1n) is 6.37. The Labute approximate surface area is 134 Å². The molecule has 6 nitrogen and oxygen atoms in total. The number of para-hydroxylation sites is 1. The first-order valence-corrected chi connectivity index (χ1v) is 6.74. The SMILES string of the molecule is C#CCOC(=O)[C@H](C)Nc1c(C)cccc1Cl.NCC(=O)O. The summed E-state index contributed by atoms with van der Waals surface area (Å²) in [7, 11) is 0. The number of carboxylic acid groups (broad SMARTS) is 1. The Morgan fingerprint density at radius 2 is 2.14 bits per heavy atom. The Bertz CT molecular complexity index is 535. The number of nitrogens with one attached hydrogen (secondary N) is 1. The average Bonchev–Trinajstić information content (AvgIpc) is 2.48. The molecule has 0 aliphatic heterocycles. The normalized spacial score (nSPS) is 10.5. The van der Waals surface area contributed by atoms with Crippen LogP contribution in [0.15, 0.2) is 18.2 Å². The number of halogens is 1. The van der Waals surface area contributed by atoms with E-state index in [-0.39, 0.29) is 13.2 Å². The maximum atomic E-state index is 11.5. The van der Waals surface area contributed by atoms with Gasteiger partial charge in [0.15, 0.2) is 6.61 Å². The highest BCUT2D eigenvalue weighted by molar-refractivity contribution is 6.33. The van der Waals surface area contributed by atoms with Crippen molar-refractivity contribution in [2.24, 2.45) is 5.73 Å². The van der Waals surface area contributed by atoms with Crippen molar-refractivity contribution in [3.05, 3.63) is 28.8 Å². The number of anilines is 1. The summed E-state index contributed by atoms with van der Waals surface area (Å²) in [4.78, 5) is 20.7. The van der Waals surface area contributed by atoms with E-state index in [0.717, 1.165) is 11.3 Å². The van der Waals surface area contributed by atoms with Crippen LogP contribution in [0, 0.1) is 19.3 Å². The van der Waals surface area contributed by atoms with Crippen LogP contribution < -0.4 is 11.1 Å². The van der Waals surface area contributed by atoms with Gasteiger partial charge < -0.3 is 20.9 Å². The molecule has 0 bridgehead atoms. The van der Waals surface area contributed by atoms with E-state index < -0.39 is 18.0 Å². The summed E-state index contributed by atoms with van der Waals surface area (Å²) in [5.41, 5.74) is 6.27. The molecule has 4 N–H and O–H groups in total. The van der Waals surface area contributed by atoms with Gasteiger partial charge in [-0.1, -0.05) is 29.7 Å². The number of terminal acetylenes is 1. The van der Waals surface area contributed by atoms with Gasteiger partial charge in [-0.05, 0) is 25.5 Å². The summed E-state index contributed by atoms with van der Waals surface area (Å²) in [6, 6.07) is 5.02. The zero-order valence-corrected chi connectivity index (χ0v) is 13.2. The molecular formula is C15H19ClN2O4. The van der Waals surface area contributed by atoms with E-state index in [1.165, 1.54) is 0 Å². The molecule has 0 radical (unpaired) electrons. The van der Waals surface area contributed by atoms with Gasteiger partial charge in [0, 0.05) is 0 Å². The van der Waals surface area contributed by atoms with Crippen molar-refractivity contribution < 1.29 is 19.4 Å². The molecule has 0 heterocycles. The Morgan fingerprint density at radius 3 is 2.59 bits per heavy atom. The minimum atomic E-state index is -0.968. The third-order valence-corrected chi connectivity index (χ3v) is 2.72. The number of carbonyl (C=O) groups is 2. The van der Waals surface area contributed by atoms with Gasteiger partial charge in [0.1, 0.15) is 6.04 Å². The lowest BCUT2D eigenvalue weighted by Gasteiger charge is -2.16. The highest BCUT2D eigenvalue weighted by Crippen LogP contribution is 2.25. The predicted molar refractivity (Wildman–Crippen MR) is 85.8 cm³/mol. The van der Waals surface area contributed by atoms with Crippen LogP contribution in [0.5, 0.6) is 0 Å². The van der Waals surface area contributed by atoms with Crippen molar-refractivity contribution in [2.75, 3.05) is 18.5 Å². The summed E-state index contributed by atoms with van der Waals surface area (Å²) in [6.45, 7) is 3.31. The number of carboxylic acids is 1. The van der Waals surface area contributed by atoms with Gasteiger partial charge in [0.05, 0.1) is 17.3 Å². The maximum Gasteiger partial charge on any atom is 0.329 e. The van der Waals surface area contributed by atoms with Crippen molar-refractivity contribution in [2.45, 2.75) is 19.9 Å². The van der Waals surface area contributed by atoms with E-state index in [1.807, 2.05) is 19.1 Å². The van der Waals surface area contributed by atoms with Gasteiger partial charge in [-0.15, -0.1) is 6.42 Å². The quantitative estimate of drug-likeness (QED) is 0.562. The van der Waals surface area contributed by atoms with Crippen LogP contribution in [0.25, 0.3) is 0 Å². The molecule has 1 aromatic carbocycles. The van der Waals surface area contributed by atoms with E-state index in [9.17, 15) is 9.59 Å². The summed E-state index contributed by atoms with van der Waals surface area (Å²) in [6.07, 6.45) is 5.01. The van der Waals surface area contributed by atoms with E-state index in [1.54, 1.807) is 13.0 Å². The van der Waals surface area contributed by atoms with E-state index in [2.05, 4.69) is 17.0 Å². The monoisotopic (exact) mass is 326 g/mol. The van der Waals surface area contributed by atoms with Gasteiger partial charge in [0.25, 0.3) is 0 Å². The van der Waals surface area contributed by atoms with Gasteiger partial charge >= 0.3 is 11.9 Å². The summed E-state index contributed by atoms with van der Waals surface area (Å²) >= 11 is 6.04.